The van der Waals surface area contributed by atoms with Crippen molar-refractivity contribution >= 4 is 0 Å². The summed E-state index contributed by atoms with van der Waals surface area (Å²) in [7, 11) is 2.05. The summed E-state index contributed by atoms with van der Waals surface area (Å²) in [6, 6.07) is 7.09. The maximum absolute atomic E-state index is 5.80. The highest BCUT2D eigenvalue weighted by atomic mass is 16.5. The Kier molecular flexibility index (Phi) is 4.84. The van der Waals surface area contributed by atoms with Crippen LogP contribution in [0.25, 0.3) is 0 Å². The molecule has 0 aromatic heterocycles. The lowest BCUT2D eigenvalue weighted by atomic mass is 9.97. The van der Waals surface area contributed by atoms with Gasteiger partial charge in [0.15, 0.2) is 0 Å². The van der Waals surface area contributed by atoms with Gasteiger partial charge in [0.2, 0.25) is 0 Å². The summed E-state index contributed by atoms with van der Waals surface area (Å²) in [5.74, 6) is 0. The first-order valence-corrected chi connectivity index (χ1v) is 7.52. The third-order valence-electron chi connectivity index (χ3n) is 4.10. The second kappa shape index (κ2) is 6.25. The molecule has 1 fully saturated rings. The van der Waals surface area contributed by atoms with Crippen molar-refractivity contribution in [1.82, 2.24) is 10.2 Å². The van der Waals surface area contributed by atoms with Crippen molar-refractivity contribution in [3.63, 3.8) is 0 Å². The van der Waals surface area contributed by atoms with E-state index in [2.05, 4.69) is 63.2 Å². The van der Waals surface area contributed by atoms with Crippen molar-refractivity contribution in [2.24, 2.45) is 0 Å². The van der Waals surface area contributed by atoms with E-state index in [0.717, 1.165) is 26.2 Å². The van der Waals surface area contributed by atoms with Gasteiger partial charge in [0.25, 0.3) is 0 Å². The highest BCUT2D eigenvalue weighted by Gasteiger charge is 2.28. The van der Waals surface area contributed by atoms with E-state index in [1.165, 1.54) is 16.7 Å². The van der Waals surface area contributed by atoms with E-state index in [0.29, 0.717) is 6.04 Å². The van der Waals surface area contributed by atoms with Crippen molar-refractivity contribution in [3.8, 4) is 0 Å². The average Bonchev–Trinajstić information content (AvgIpc) is 2.38. The van der Waals surface area contributed by atoms with Crippen LogP contribution in [0, 0.1) is 13.8 Å². The van der Waals surface area contributed by atoms with E-state index in [9.17, 15) is 0 Å². The van der Waals surface area contributed by atoms with Crippen LogP contribution in [0.2, 0.25) is 0 Å². The molecule has 0 spiro atoms. The number of likely N-dealkylation sites (N-methyl/N-ethyl adjacent to an activating group) is 1. The summed E-state index contributed by atoms with van der Waals surface area (Å²) in [6.45, 7) is 12.6. The standard InChI is InChI=1S/C17H28N2O/c1-13-6-7-14(2)15(10-13)16(18-5)11-19-8-9-20-17(3,4)12-19/h6-7,10,16,18H,8-9,11-12H2,1-5H3. The van der Waals surface area contributed by atoms with Crippen LogP contribution in [-0.4, -0.2) is 43.8 Å². The minimum atomic E-state index is -0.0296. The zero-order chi connectivity index (χ0) is 14.8. The van der Waals surface area contributed by atoms with E-state index >= 15 is 0 Å². The number of hydrogen-bond acceptors (Lipinski definition) is 3. The number of benzene rings is 1. The zero-order valence-corrected chi connectivity index (χ0v) is 13.5. The fourth-order valence-corrected chi connectivity index (χ4v) is 3.01. The Morgan fingerprint density at radius 3 is 2.75 bits per heavy atom. The quantitative estimate of drug-likeness (QED) is 0.915. The fourth-order valence-electron chi connectivity index (χ4n) is 3.01. The highest BCUT2D eigenvalue weighted by molar-refractivity contribution is 5.33. The third-order valence-corrected chi connectivity index (χ3v) is 4.10. The summed E-state index contributed by atoms with van der Waals surface area (Å²) in [5.41, 5.74) is 4.07. The molecule has 3 nitrogen and oxygen atoms in total. The molecule has 3 heteroatoms. The predicted octanol–water partition coefficient (Wildman–Crippen LogP) is 2.67. The maximum Gasteiger partial charge on any atom is 0.0753 e. The van der Waals surface area contributed by atoms with Gasteiger partial charge in [-0.2, -0.15) is 0 Å². The Labute approximate surface area is 123 Å². The topological polar surface area (TPSA) is 24.5 Å². The Bertz CT molecular complexity index is 456. The number of ether oxygens (including phenoxy) is 1. The minimum absolute atomic E-state index is 0.0296. The smallest absolute Gasteiger partial charge is 0.0753 e. The van der Waals surface area contributed by atoms with Gasteiger partial charge in [0.05, 0.1) is 12.2 Å². The molecule has 0 radical (unpaired) electrons. The van der Waals surface area contributed by atoms with Crippen LogP contribution >= 0.6 is 0 Å². The van der Waals surface area contributed by atoms with E-state index in [4.69, 9.17) is 4.74 Å². The minimum Gasteiger partial charge on any atom is -0.373 e. The number of nitrogens with zero attached hydrogens (tertiary/aromatic N) is 1. The molecule has 20 heavy (non-hydrogen) atoms. The summed E-state index contributed by atoms with van der Waals surface area (Å²) >= 11 is 0. The first-order valence-electron chi connectivity index (χ1n) is 7.52. The normalized spacial score (nSPS) is 20.9. The molecular formula is C17H28N2O. The zero-order valence-electron chi connectivity index (χ0n) is 13.5. The molecule has 0 saturated carbocycles. The van der Waals surface area contributed by atoms with Crippen LogP contribution in [-0.2, 0) is 4.74 Å². The number of morpholine rings is 1. The monoisotopic (exact) mass is 276 g/mol. The molecule has 1 aliphatic heterocycles. The summed E-state index contributed by atoms with van der Waals surface area (Å²) in [6.07, 6.45) is 0. The van der Waals surface area contributed by atoms with Crippen molar-refractivity contribution in [2.75, 3.05) is 33.3 Å². The van der Waals surface area contributed by atoms with Crippen molar-refractivity contribution in [1.29, 1.82) is 0 Å². The highest BCUT2D eigenvalue weighted by Crippen LogP contribution is 2.23. The van der Waals surface area contributed by atoms with Gasteiger partial charge in [-0.25, -0.2) is 0 Å². The van der Waals surface area contributed by atoms with Crippen LogP contribution in [0.4, 0.5) is 0 Å². The molecule has 1 saturated heterocycles. The lowest BCUT2D eigenvalue weighted by Gasteiger charge is -2.39. The summed E-state index contributed by atoms with van der Waals surface area (Å²) in [5, 5.41) is 3.48. The summed E-state index contributed by atoms with van der Waals surface area (Å²) in [4.78, 5) is 2.51. The van der Waals surface area contributed by atoms with Crippen molar-refractivity contribution in [2.45, 2.75) is 39.3 Å². The molecular weight excluding hydrogens is 248 g/mol. The number of aryl methyl sites for hydroxylation is 2. The SMILES string of the molecule is CNC(CN1CCOC(C)(C)C1)c1cc(C)ccc1C. The van der Waals surface area contributed by atoms with E-state index < -0.39 is 0 Å². The predicted molar refractivity (Wildman–Crippen MR) is 84.2 cm³/mol. The molecule has 1 aromatic carbocycles. The molecule has 1 aromatic rings. The molecule has 0 aliphatic carbocycles. The van der Waals surface area contributed by atoms with Gasteiger partial charge in [-0.05, 0) is 45.9 Å². The van der Waals surface area contributed by atoms with E-state index in [1.54, 1.807) is 0 Å². The lowest BCUT2D eigenvalue weighted by molar-refractivity contribution is -0.0875. The Balaban J connectivity index is 2.10. The van der Waals surface area contributed by atoms with E-state index in [1.807, 2.05) is 0 Å². The second-order valence-electron chi connectivity index (χ2n) is 6.54. The van der Waals surface area contributed by atoms with Gasteiger partial charge in [0, 0.05) is 25.7 Å². The second-order valence-corrected chi connectivity index (χ2v) is 6.54. The molecule has 0 amide bonds. The molecule has 1 N–H and O–H groups in total. The maximum atomic E-state index is 5.80. The lowest BCUT2D eigenvalue weighted by Crippen LogP contribution is -2.50. The average molecular weight is 276 g/mol. The van der Waals surface area contributed by atoms with Crippen LogP contribution < -0.4 is 5.32 Å². The molecule has 1 atom stereocenters. The molecule has 112 valence electrons. The first-order chi connectivity index (χ1) is 9.41. The van der Waals surface area contributed by atoms with Gasteiger partial charge >= 0.3 is 0 Å². The van der Waals surface area contributed by atoms with Gasteiger partial charge in [-0.15, -0.1) is 0 Å². The fraction of sp³-hybridized carbons (Fsp3) is 0.647. The van der Waals surface area contributed by atoms with Gasteiger partial charge in [0.1, 0.15) is 0 Å². The van der Waals surface area contributed by atoms with Crippen LogP contribution in [0.3, 0.4) is 0 Å². The number of hydrogen-bond donors (Lipinski definition) is 1. The van der Waals surface area contributed by atoms with Crippen molar-refractivity contribution < 1.29 is 4.74 Å². The Hall–Kier alpha value is -0.900. The van der Waals surface area contributed by atoms with Crippen LogP contribution in [0.1, 0.15) is 36.6 Å². The van der Waals surface area contributed by atoms with Gasteiger partial charge in [-0.1, -0.05) is 23.8 Å². The van der Waals surface area contributed by atoms with E-state index in [-0.39, 0.29) is 5.60 Å². The van der Waals surface area contributed by atoms with Gasteiger partial charge in [-0.3, -0.25) is 4.90 Å². The third kappa shape index (κ3) is 3.81. The molecule has 1 aliphatic rings. The Morgan fingerprint density at radius 1 is 1.35 bits per heavy atom. The van der Waals surface area contributed by atoms with Crippen LogP contribution in [0.5, 0.6) is 0 Å². The molecule has 1 unspecified atom stereocenters. The Morgan fingerprint density at radius 2 is 2.10 bits per heavy atom. The molecule has 1 heterocycles. The number of nitrogens with one attached hydrogen (secondary N) is 1. The molecule has 0 bridgehead atoms. The largest absolute Gasteiger partial charge is 0.373 e. The van der Waals surface area contributed by atoms with Crippen molar-refractivity contribution in [3.05, 3.63) is 34.9 Å². The summed E-state index contributed by atoms with van der Waals surface area (Å²) < 4.78 is 5.80. The van der Waals surface area contributed by atoms with Gasteiger partial charge < -0.3 is 10.1 Å². The van der Waals surface area contributed by atoms with Crippen LogP contribution in [0.15, 0.2) is 18.2 Å². The first kappa shape index (κ1) is 15.5. The number of rotatable bonds is 4. The molecule has 2 rings (SSSR count).